The lowest BCUT2D eigenvalue weighted by Crippen LogP contribution is -2.41. The molecule has 1 saturated heterocycles. The van der Waals surface area contributed by atoms with E-state index in [4.69, 9.17) is 9.84 Å². The van der Waals surface area contributed by atoms with E-state index in [-0.39, 0.29) is 18.7 Å². The number of carboxylic acid groups (broad SMARTS) is 1. The Kier molecular flexibility index (Phi) is 4.49. The van der Waals surface area contributed by atoms with E-state index in [1.54, 1.807) is 11.8 Å². The molecule has 1 aromatic heterocycles. The molecule has 0 unspecified atom stereocenters. The van der Waals surface area contributed by atoms with Crippen LogP contribution in [-0.4, -0.2) is 53.2 Å². The average molecular weight is 284 g/mol. The molecular weight excluding hydrogens is 268 g/mol. The van der Waals surface area contributed by atoms with Crippen molar-refractivity contribution in [2.45, 2.75) is 19.8 Å². The van der Waals surface area contributed by atoms with Crippen LogP contribution in [0, 0.1) is 6.92 Å². The van der Waals surface area contributed by atoms with Crippen LogP contribution in [0.4, 0.5) is 0 Å². The quantitative estimate of drug-likeness (QED) is 0.870. The fraction of sp³-hybridized carbons (Fsp3) is 0.583. The lowest BCUT2D eigenvalue weighted by Gasteiger charge is -2.26. The van der Waals surface area contributed by atoms with Crippen molar-refractivity contribution >= 4 is 23.2 Å². The number of ether oxygens (including phenoxy) is 1. The first-order valence-corrected chi connectivity index (χ1v) is 6.90. The van der Waals surface area contributed by atoms with E-state index < -0.39 is 5.97 Å². The van der Waals surface area contributed by atoms with Gasteiger partial charge < -0.3 is 14.7 Å². The third-order valence-corrected chi connectivity index (χ3v) is 4.07. The Labute approximate surface area is 115 Å². The van der Waals surface area contributed by atoms with Gasteiger partial charge in [-0.25, -0.2) is 4.98 Å². The van der Waals surface area contributed by atoms with E-state index in [1.165, 1.54) is 11.3 Å². The van der Waals surface area contributed by atoms with Crippen LogP contribution < -0.4 is 0 Å². The third-order valence-electron chi connectivity index (χ3n) is 2.91. The summed E-state index contributed by atoms with van der Waals surface area (Å²) in [5.74, 6) is -0.850. The van der Waals surface area contributed by atoms with Crippen LogP contribution in [0.2, 0.25) is 0 Å². The highest BCUT2D eigenvalue weighted by molar-refractivity contribution is 7.11. The summed E-state index contributed by atoms with van der Waals surface area (Å²) in [4.78, 5) is 29.5. The summed E-state index contributed by atoms with van der Waals surface area (Å²) in [7, 11) is 0. The van der Waals surface area contributed by atoms with Gasteiger partial charge in [-0.3, -0.25) is 9.59 Å². The number of carbonyl (C=O) groups is 2. The molecule has 104 valence electrons. The Balaban J connectivity index is 1.98. The van der Waals surface area contributed by atoms with Crippen molar-refractivity contribution in [3.05, 3.63) is 15.6 Å². The molecule has 2 rings (SSSR count). The lowest BCUT2D eigenvalue weighted by molar-refractivity contribution is -0.136. The van der Waals surface area contributed by atoms with Crippen LogP contribution in [0.1, 0.15) is 15.6 Å². The highest BCUT2D eigenvalue weighted by Crippen LogP contribution is 2.20. The number of aromatic nitrogens is 1. The fourth-order valence-electron chi connectivity index (χ4n) is 1.92. The zero-order chi connectivity index (χ0) is 13.8. The largest absolute Gasteiger partial charge is 0.481 e. The highest BCUT2D eigenvalue weighted by atomic mass is 32.1. The molecule has 0 bridgehead atoms. The second kappa shape index (κ2) is 6.12. The molecule has 0 aromatic carbocycles. The Morgan fingerprint density at radius 2 is 2.05 bits per heavy atom. The number of hydrogen-bond donors (Lipinski definition) is 1. The standard InChI is InChI=1S/C12H16N2O4S/c1-8-9(6-12(16)17)19-10(13-8)7-11(15)14-2-4-18-5-3-14/h2-7H2,1H3,(H,16,17). The maximum Gasteiger partial charge on any atom is 0.308 e. The van der Waals surface area contributed by atoms with Crippen LogP contribution in [0.3, 0.4) is 0 Å². The van der Waals surface area contributed by atoms with Crippen LogP contribution in [0.25, 0.3) is 0 Å². The van der Waals surface area contributed by atoms with E-state index in [1.807, 2.05) is 0 Å². The van der Waals surface area contributed by atoms with Crippen molar-refractivity contribution in [1.29, 1.82) is 0 Å². The molecule has 6 nitrogen and oxygen atoms in total. The van der Waals surface area contributed by atoms with Crippen molar-refractivity contribution in [3.63, 3.8) is 0 Å². The minimum Gasteiger partial charge on any atom is -0.481 e. The first-order chi connectivity index (χ1) is 9.06. The van der Waals surface area contributed by atoms with Crippen molar-refractivity contribution in [3.8, 4) is 0 Å². The van der Waals surface area contributed by atoms with E-state index in [2.05, 4.69) is 4.98 Å². The van der Waals surface area contributed by atoms with E-state index in [0.29, 0.717) is 37.0 Å². The van der Waals surface area contributed by atoms with Gasteiger partial charge in [0.05, 0.1) is 31.7 Å². The molecule has 0 saturated carbocycles. The number of rotatable bonds is 4. The van der Waals surface area contributed by atoms with E-state index in [0.717, 1.165) is 4.88 Å². The molecule has 1 aliphatic heterocycles. The summed E-state index contributed by atoms with van der Waals surface area (Å²) in [5.41, 5.74) is 0.706. The first kappa shape index (κ1) is 14.0. The number of aryl methyl sites for hydroxylation is 1. The topological polar surface area (TPSA) is 79.7 Å². The molecule has 0 radical (unpaired) electrons. The van der Waals surface area contributed by atoms with Crippen molar-refractivity contribution in [1.82, 2.24) is 9.88 Å². The van der Waals surface area contributed by atoms with Gasteiger partial charge in [0.15, 0.2) is 0 Å². The number of morpholine rings is 1. The molecule has 19 heavy (non-hydrogen) atoms. The normalized spacial score (nSPS) is 15.5. The molecular formula is C12H16N2O4S. The Hall–Kier alpha value is -1.47. The smallest absolute Gasteiger partial charge is 0.308 e. The summed E-state index contributed by atoms with van der Waals surface area (Å²) in [6, 6.07) is 0. The zero-order valence-corrected chi connectivity index (χ0v) is 11.5. The molecule has 2 heterocycles. The predicted molar refractivity (Wildman–Crippen MR) is 69.3 cm³/mol. The summed E-state index contributed by atoms with van der Waals surface area (Å²) in [6.45, 7) is 4.16. The van der Waals surface area contributed by atoms with Gasteiger partial charge in [-0.2, -0.15) is 0 Å². The Bertz CT molecular complexity index is 480. The fourth-order valence-corrected chi connectivity index (χ4v) is 2.97. The molecule has 0 spiro atoms. The number of aliphatic carboxylic acids is 1. The number of nitrogens with zero attached hydrogens (tertiary/aromatic N) is 2. The first-order valence-electron chi connectivity index (χ1n) is 6.08. The van der Waals surface area contributed by atoms with Gasteiger partial charge in [-0.15, -0.1) is 11.3 Å². The Morgan fingerprint density at radius 3 is 2.68 bits per heavy atom. The predicted octanol–water partition coefficient (Wildman–Crippen LogP) is 0.480. The van der Waals surface area contributed by atoms with Crippen LogP contribution in [0.15, 0.2) is 0 Å². The van der Waals surface area contributed by atoms with Crippen LogP contribution in [-0.2, 0) is 27.2 Å². The molecule has 1 N–H and O–H groups in total. The average Bonchev–Trinajstić information content (AvgIpc) is 2.70. The van der Waals surface area contributed by atoms with Gasteiger partial charge in [0.25, 0.3) is 0 Å². The number of carboxylic acids is 1. The third kappa shape index (κ3) is 3.74. The number of thiazole rings is 1. The van der Waals surface area contributed by atoms with E-state index >= 15 is 0 Å². The monoisotopic (exact) mass is 284 g/mol. The summed E-state index contributed by atoms with van der Waals surface area (Å²) < 4.78 is 5.19. The van der Waals surface area contributed by atoms with Crippen LogP contribution >= 0.6 is 11.3 Å². The molecule has 1 aromatic rings. The summed E-state index contributed by atoms with van der Waals surface area (Å²) in [6.07, 6.45) is 0.209. The maximum atomic E-state index is 12.0. The molecule has 7 heteroatoms. The van der Waals surface area contributed by atoms with Crippen molar-refractivity contribution in [2.24, 2.45) is 0 Å². The molecule has 1 amide bonds. The minimum atomic E-state index is -0.877. The lowest BCUT2D eigenvalue weighted by atomic mass is 10.3. The second-order valence-corrected chi connectivity index (χ2v) is 5.52. The maximum absolute atomic E-state index is 12.0. The highest BCUT2D eigenvalue weighted by Gasteiger charge is 2.19. The van der Waals surface area contributed by atoms with Crippen molar-refractivity contribution in [2.75, 3.05) is 26.3 Å². The van der Waals surface area contributed by atoms with Gasteiger partial charge >= 0.3 is 5.97 Å². The minimum absolute atomic E-state index is 0.0268. The van der Waals surface area contributed by atoms with Gasteiger partial charge in [-0.05, 0) is 6.92 Å². The molecule has 0 aliphatic carbocycles. The van der Waals surface area contributed by atoms with Gasteiger partial charge in [0.2, 0.25) is 5.91 Å². The molecule has 0 atom stereocenters. The Morgan fingerprint density at radius 1 is 1.37 bits per heavy atom. The van der Waals surface area contributed by atoms with Gasteiger partial charge in [0.1, 0.15) is 5.01 Å². The van der Waals surface area contributed by atoms with Crippen LogP contribution in [0.5, 0.6) is 0 Å². The van der Waals surface area contributed by atoms with Crippen molar-refractivity contribution < 1.29 is 19.4 Å². The molecule has 1 fully saturated rings. The van der Waals surface area contributed by atoms with Gasteiger partial charge in [-0.1, -0.05) is 0 Å². The SMILES string of the molecule is Cc1nc(CC(=O)N2CCOCC2)sc1CC(=O)O. The summed E-state index contributed by atoms with van der Waals surface area (Å²) in [5, 5.41) is 9.46. The second-order valence-electron chi connectivity index (χ2n) is 4.36. The van der Waals surface area contributed by atoms with E-state index in [9.17, 15) is 9.59 Å². The number of hydrogen-bond acceptors (Lipinski definition) is 5. The number of amides is 1. The summed E-state index contributed by atoms with van der Waals surface area (Å²) >= 11 is 1.31. The zero-order valence-electron chi connectivity index (χ0n) is 10.7. The number of carbonyl (C=O) groups excluding carboxylic acids is 1. The molecule has 1 aliphatic rings. The van der Waals surface area contributed by atoms with Gasteiger partial charge in [0, 0.05) is 18.0 Å².